The summed E-state index contributed by atoms with van der Waals surface area (Å²) >= 11 is 4.47. The van der Waals surface area contributed by atoms with Crippen molar-refractivity contribution in [2.45, 2.75) is 18.1 Å². The van der Waals surface area contributed by atoms with Crippen LogP contribution in [0.4, 0.5) is 0 Å². The predicted octanol–water partition coefficient (Wildman–Crippen LogP) is 2.13. The quantitative estimate of drug-likeness (QED) is 0.827. The minimum Gasteiger partial charge on any atom is -0.303 e. The van der Waals surface area contributed by atoms with E-state index in [1.54, 1.807) is 12.1 Å². The molecule has 0 aromatic carbocycles. The molecule has 0 bridgehead atoms. The minimum atomic E-state index is -3.34. The minimum absolute atomic E-state index is 0.351. The molecule has 0 saturated carbocycles. The van der Waals surface area contributed by atoms with Gasteiger partial charge < -0.3 is 4.90 Å². The number of thiophene rings is 1. The molecule has 0 saturated heterocycles. The first-order valence-electron chi connectivity index (χ1n) is 5.47. The first-order chi connectivity index (χ1) is 7.99. The van der Waals surface area contributed by atoms with E-state index in [-0.39, 0.29) is 0 Å². The largest absolute Gasteiger partial charge is 0.303 e. The lowest BCUT2D eigenvalue weighted by Gasteiger charge is -2.17. The number of halogens is 1. The average Bonchev–Trinajstić information content (AvgIpc) is 2.72. The molecule has 0 radical (unpaired) electrons. The summed E-state index contributed by atoms with van der Waals surface area (Å²) in [5.74, 6) is 0. The topological polar surface area (TPSA) is 49.4 Å². The van der Waals surface area contributed by atoms with Gasteiger partial charge in [0.1, 0.15) is 4.21 Å². The van der Waals surface area contributed by atoms with E-state index in [2.05, 4.69) is 39.4 Å². The monoisotopic (exact) mass is 340 g/mol. The summed E-state index contributed by atoms with van der Waals surface area (Å²) < 4.78 is 27.5. The van der Waals surface area contributed by atoms with Gasteiger partial charge in [-0.3, -0.25) is 0 Å². The van der Waals surface area contributed by atoms with E-state index in [1.165, 1.54) is 11.3 Å². The number of nitrogens with zero attached hydrogens (tertiary/aromatic N) is 1. The Balaban J connectivity index is 2.51. The highest BCUT2D eigenvalue weighted by atomic mass is 79.9. The first kappa shape index (κ1) is 15.1. The molecule has 0 unspecified atom stereocenters. The normalized spacial score (nSPS) is 12.2. The summed E-state index contributed by atoms with van der Waals surface area (Å²) in [5, 5.41) is 0. The second kappa shape index (κ2) is 6.84. The van der Waals surface area contributed by atoms with Crippen LogP contribution in [0.3, 0.4) is 0 Å². The van der Waals surface area contributed by atoms with Gasteiger partial charge in [-0.1, -0.05) is 13.8 Å². The summed E-state index contributed by atoms with van der Waals surface area (Å²) in [4.78, 5) is 2.17. The number of sulfonamides is 1. The van der Waals surface area contributed by atoms with E-state index in [4.69, 9.17) is 0 Å². The lowest BCUT2D eigenvalue weighted by Crippen LogP contribution is -2.34. The molecule has 98 valence electrons. The summed E-state index contributed by atoms with van der Waals surface area (Å²) in [6.45, 7) is 7.17. The lowest BCUT2D eigenvalue weighted by molar-refractivity contribution is 0.309. The highest BCUT2D eigenvalue weighted by Crippen LogP contribution is 2.25. The van der Waals surface area contributed by atoms with Crippen molar-refractivity contribution in [3.05, 3.63) is 15.9 Å². The Morgan fingerprint density at radius 1 is 1.35 bits per heavy atom. The third kappa shape index (κ3) is 4.67. The van der Waals surface area contributed by atoms with Crippen LogP contribution in [-0.4, -0.2) is 39.5 Å². The molecule has 0 aliphatic rings. The second-order valence-corrected chi connectivity index (χ2v) is 7.94. The van der Waals surface area contributed by atoms with Crippen molar-refractivity contribution in [1.82, 2.24) is 9.62 Å². The Bertz CT molecular complexity index is 441. The summed E-state index contributed by atoms with van der Waals surface area (Å²) in [7, 11) is -3.34. The van der Waals surface area contributed by atoms with Crippen molar-refractivity contribution in [2.24, 2.45) is 0 Å². The van der Waals surface area contributed by atoms with Gasteiger partial charge in [0.2, 0.25) is 10.0 Å². The van der Waals surface area contributed by atoms with Crippen LogP contribution in [0.15, 0.2) is 20.1 Å². The van der Waals surface area contributed by atoms with E-state index < -0.39 is 10.0 Å². The predicted molar refractivity (Wildman–Crippen MR) is 75.0 cm³/mol. The molecule has 0 atom stereocenters. The van der Waals surface area contributed by atoms with Gasteiger partial charge in [-0.25, -0.2) is 13.1 Å². The molecule has 1 rings (SSSR count). The van der Waals surface area contributed by atoms with E-state index in [9.17, 15) is 8.42 Å². The summed E-state index contributed by atoms with van der Waals surface area (Å²) in [6.07, 6.45) is 0. The molecule has 17 heavy (non-hydrogen) atoms. The van der Waals surface area contributed by atoms with Crippen molar-refractivity contribution >= 4 is 37.3 Å². The van der Waals surface area contributed by atoms with Crippen molar-refractivity contribution in [3.63, 3.8) is 0 Å². The summed E-state index contributed by atoms with van der Waals surface area (Å²) in [5.41, 5.74) is 0. The number of nitrogens with one attached hydrogen (secondary N) is 1. The Hall–Kier alpha value is 0.0500. The first-order valence-corrected chi connectivity index (χ1v) is 8.56. The maximum absolute atomic E-state index is 11.9. The molecule has 1 N–H and O–H groups in total. The van der Waals surface area contributed by atoms with E-state index in [0.29, 0.717) is 10.8 Å². The van der Waals surface area contributed by atoms with Crippen LogP contribution >= 0.6 is 27.3 Å². The molecule has 4 nitrogen and oxygen atoms in total. The van der Waals surface area contributed by atoms with Crippen molar-refractivity contribution in [1.29, 1.82) is 0 Å². The third-order valence-corrected chi connectivity index (χ3v) is 6.00. The Labute approximate surface area is 115 Å². The average molecular weight is 341 g/mol. The van der Waals surface area contributed by atoms with Crippen molar-refractivity contribution in [2.75, 3.05) is 26.2 Å². The molecule has 1 heterocycles. The molecule has 1 aromatic rings. The maximum atomic E-state index is 11.9. The van der Waals surface area contributed by atoms with Crippen LogP contribution in [0.1, 0.15) is 13.8 Å². The van der Waals surface area contributed by atoms with Crippen molar-refractivity contribution < 1.29 is 8.42 Å². The van der Waals surface area contributed by atoms with E-state index in [1.807, 2.05) is 0 Å². The van der Waals surface area contributed by atoms with Gasteiger partial charge in [0.25, 0.3) is 0 Å². The molecule has 0 fully saturated rings. The third-order valence-electron chi connectivity index (χ3n) is 2.43. The standard InChI is InChI=1S/C10H17BrN2O2S2/c1-3-13(4-2)8-7-12-17(14,15)10-6-5-9(11)16-10/h5-6,12H,3-4,7-8H2,1-2H3. The van der Waals surface area contributed by atoms with Crippen LogP contribution in [0.5, 0.6) is 0 Å². The number of likely N-dealkylation sites (N-methyl/N-ethyl adjacent to an activating group) is 1. The summed E-state index contributed by atoms with van der Waals surface area (Å²) in [6, 6.07) is 3.35. The van der Waals surface area contributed by atoms with Gasteiger partial charge in [0.15, 0.2) is 0 Å². The SMILES string of the molecule is CCN(CC)CCNS(=O)(=O)c1ccc(Br)s1. The molecular weight excluding hydrogens is 324 g/mol. The van der Waals surface area contributed by atoms with Crippen molar-refractivity contribution in [3.8, 4) is 0 Å². The Morgan fingerprint density at radius 3 is 2.47 bits per heavy atom. The Kier molecular flexibility index (Phi) is 6.08. The molecule has 0 amide bonds. The molecular formula is C10H17BrN2O2S2. The molecule has 0 spiro atoms. The zero-order valence-corrected chi connectivity index (χ0v) is 13.2. The fourth-order valence-electron chi connectivity index (χ4n) is 1.39. The van der Waals surface area contributed by atoms with Crippen LogP contribution in [0, 0.1) is 0 Å². The number of rotatable bonds is 7. The Morgan fingerprint density at radius 2 is 2.00 bits per heavy atom. The van der Waals surface area contributed by atoms with Gasteiger partial charge in [-0.15, -0.1) is 11.3 Å². The van der Waals surface area contributed by atoms with Crippen LogP contribution in [0.25, 0.3) is 0 Å². The van der Waals surface area contributed by atoms with Gasteiger partial charge in [0.05, 0.1) is 3.79 Å². The maximum Gasteiger partial charge on any atom is 0.250 e. The number of hydrogen-bond donors (Lipinski definition) is 1. The second-order valence-electron chi connectivity index (χ2n) is 3.48. The fourth-order valence-corrected chi connectivity index (χ4v) is 4.47. The van der Waals surface area contributed by atoms with E-state index in [0.717, 1.165) is 23.4 Å². The highest BCUT2D eigenvalue weighted by molar-refractivity contribution is 9.11. The molecule has 7 heteroatoms. The van der Waals surface area contributed by atoms with Crippen LogP contribution in [-0.2, 0) is 10.0 Å². The smallest absolute Gasteiger partial charge is 0.250 e. The van der Waals surface area contributed by atoms with Gasteiger partial charge in [-0.05, 0) is 41.2 Å². The van der Waals surface area contributed by atoms with Gasteiger partial charge in [0, 0.05) is 13.1 Å². The highest BCUT2D eigenvalue weighted by Gasteiger charge is 2.15. The number of hydrogen-bond acceptors (Lipinski definition) is 4. The van der Waals surface area contributed by atoms with Gasteiger partial charge in [-0.2, -0.15) is 0 Å². The van der Waals surface area contributed by atoms with Crippen LogP contribution < -0.4 is 4.72 Å². The van der Waals surface area contributed by atoms with E-state index >= 15 is 0 Å². The molecule has 0 aliphatic carbocycles. The lowest BCUT2D eigenvalue weighted by atomic mass is 10.5. The molecule has 0 aliphatic heterocycles. The zero-order chi connectivity index (χ0) is 12.9. The molecule has 1 aromatic heterocycles. The van der Waals surface area contributed by atoms with Gasteiger partial charge >= 0.3 is 0 Å². The zero-order valence-electron chi connectivity index (χ0n) is 9.94. The fraction of sp³-hybridized carbons (Fsp3) is 0.600. The van der Waals surface area contributed by atoms with Crippen LogP contribution in [0.2, 0.25) is 0 Å².